The van der Waals surface area contributed by atoms with Crippen LogP contribution in [0, 0.1) is 11.3 Å². The Hall–Kier alpha value is -1.51. The Bertz CT molecular complexity index is 530. The molecule has 0 aromatic heterocycles. The van der Waals surface area contributed by atoms with Crippen LogP contribution in [-0.4, -0.2) is 54.7 Å². The van der Waals surface area contributed by atoms with Gasteiger partial charge in [0.05, 0.1) is 17.4 Å². The Balaban J connectivity index is 1.73. The van der Waals surface area contributed by atoms with Gasteiger partial charge in [-0.1, -0.05) is 12.1 Å². The number of nitrogens with zero attached hydrogens (tertiary/aromatic N) is 3. The lowest BCUT2D eigenvalue weighted by Gasteiger charge is -2.35. The summed E-state index contributed by atoms with van der Waals surface area (Å²) in [7, 11) is 4.06. The summed E-state index contributed by atoms with van der Waals surface area (Å²) in [6.45, 7) is 2.14. The number of carbonyl (C=O) groups is 1. The zero-order valence-corrected chi connectivity index (χ0v) is 14.1. The molecule has 0 aliphatic carbocycles. The number of thioether (sulfide) groups is 1. The van der Waals surface area contributed by atoms with Crippen molar-refractivity contribution in [3.8, 4) is 6.07 Å². The third-order valence-electron chi connectivity index (χ3n) is 4.21. The molecule has 0 unspecified atom stereocenters. The van der Waals surface area contributed by atoms with Gasteiger partial charge in [-0.2, -0.15) is 5.26 Å². The fourth-order valence-electron chi connectivity index (χ4n) is 2.62. The van der Waals surface area contributed by atoms with Crippen LogP contribution in [0.4, 0.5) is 0 Å². The number of carbonyl (C=O) groups excluding carboxylic acids is 1. The van der Waals surface area contributed by atoms with Crippen LogP contribution in [-0.2, 0) is 10.5 Å². The van der Waals surface area contributed by atoms with E-state index in [9.17, 15) is 4.79 Å². The van der Waals surface area contributed by atoms with Gasteiger partial charge >= 0.3 is 0 Å². The molecule has 22 heavy (non-hydrogen) atoms. The van der Waals surface area contributed by atoms with E-state index in [-0.39, 0.29) is 5.91 Å². The second-order valence-electron chi connectivity index (χ2n) is 5.84. The number of hydrogen-bond acceptors (Lipinski definition) is 4. The number of likely N-dealkylation sites (tertiary alicyclic amines) is 1. The SMILES string of the molecule is CN1CCC(N(C)C(=O)CSCc2ccc(C#N)cc2)CC1. The van der Waals surface area contributed by atoms with E-state index >= 15 is 0 Å². The summed E-state index contributed by atoms with van der Waals surface area (Å²) in [5, 5.41) is 8.77. The second kappa shape index (κ2) is 8.21. The minimum atomic E-state index is 0.216. The molecule has 1 amide bonds. The molecule has 4 nitrogen and oxygen atoms in total. The average molecular weight is 317 g/mol. The fourth-order valence-corrected chi connectivity index (χ4v) is 3.53. The van der Waals surface area contributed by atoms with E-state index in [1.165, 1.54) is 0 Å². The molecular weight excluding hydrogens is 294 g/mol. The Labute approximate surface area is 137 Å². The van der Waals surface area contributed by atoms with E-state index in [1.54, 1.807) is 11.8 Å². The number of hydrogen-bond donors (Lipinski definition) is 0. The van der Waals surface area contributed by atoms with E-state index < -0.39 is 0 Å². The predicted octanol–water partition coefficient (Wildman–Crippen LogP) is 2.34. The largest absolute Gasteiger partial charge is 0.342 e. The molecule has 1 aliphatic rings. The average Bonchev–Trinajstić information content (AvgIpc) is 2.55. The maximum Gasteiger partial charge on any atom is 0.232 e. The number of benzene rings is 1. The van der Waals surface area contributed by atoms with Gasteiger partial charge in [0.25, 0.3) is 0 Å². The summed E-state index contributed by atoms with van der Waals surface area (Å²) < 4.78 is 0. The van der Waals surface area contributed by atoms with E-state index in [0.29, 0.717) is 17.4 Å². The van der Waals surface area contributed by atoms with Gasteiger partial charge in [0.2, 0.25) is 5.91 Å². The Morgan fingerprint density at radius 2 is 2.00 bits per heavy atom. The van der Waals surface area contributed by atoms with Gasteiger partial charge in [-0.3, -0.25) is 4.79 Å². The van der Waals surface area contributed by atoms with Crippen LogP contribution >= 0.6 is 11.8 Å². The van der Waals surface area contributed by atoms with Crippen molar-refractivity contribution in [1.82, 2.24) is 9.80 Å². The Morgan fingerprint density at radius 3 is 2.59 bits per heavy atom. The molecule has 1 fully saturated rings. The number of amides is 1. The van der Waals surface area contributed by atoms with Crippen molar-refractivity contribution in [3.05, 3.63) is 35.4 Å². The summed E-state index contributed by atoms with van der Waals surface area (Å²) in [4.78, 5) is 16.5. The van der Waals surface area contributed by atoms with Crippen molar-refractivity contribution in [2.45, 2.75) is 24.6 Å². The van der Waals surface area contributed by atoms with Crippen molar-refractivity contribution < 1.29 is 4.79 Å². The number of piperidine rings is 1. The molecule has 1 aromatic rings. The molecule has 0 saturated carbocycles. The van der Waals surface area contributed by atoms with Gasteiger partial charge in [-0.15, -0.1) is 11.8 Å². The normalized spacial score (nSPS) is 16.2. The lowest BCUT2D eigenvalue weighted by Crippen LogP contribution is -2.45. The first-order valence-electron chi connectivity index (χ1n) is 7.61. The van der Waals surface area contributed by atoms with Gasteiger partial charge in [-0.25, -0.2) is 0 Å². The molecule has 0 radical (unpaired) electrons. The van der Waals surface area contributed by atoms with Gasteiger partial charge in [0.15, 0.2) is 0 Å². The highest BCUT2D eigenvalue weighted by Gasteiger charge is 2.23. The molecule has 5 heteroatoms. The van der Waals surface area contributed by atoms with E-state index in [4.69, 9.17) is 5.26 Å². The zero-order chi connectivity index (χ0) is 15.9. The molecule has 0 N–H and O–H groups in total. The molecule has 1 heterocycles. The highest BCUT2D eigenvalue weighted by Crippen LogP contribution is 2.17. The van der Waals surface area contributed by atoms with Crippen LogP contribution < -0.4 is 0 Å². The lowest BCUT2D eigenvalue weighted by molar-refractivity contribution is -0.129. The standard InChI is InChI=1S/C17H23N3OS/c1-19-9-7-16(8-10-19)20(2)17(21)13-22-12-15-5-3-14(11-18)4-6-15/h3-6,16H,7-10,12-13H2,1-2H3. The molecule has 1 aromatic carbocycles. The van der Waals surface area contributed by atoms with Crippen molar-refractivity contribution in [1.29, 1.82) is 5.26 Å². The van der Waals surface area contributed by atoms with Crippen molar-refractivity contribution >= 4 is 17.7 Å². The monoisotopic (exact) mass is 317 g/mol. The Kier molecular flexibility index (Phi) is 6.29. The Morgan fingerprint density at radius 1 is 1.36 bits per heavy atom. The van der Waals surface area contributed by atoms with Crippen LogP contribution in [0.2, 0.25) is 0 Å². The molecule has 1 saturated heterocycles. The smallest absolute Gasteiger partial charge is 0.232 e. The topological polar surface area (TPSA) is 47.3 Å². The van der Waals surface area contributed by atoms with Crippen LogP contribution in [0.1, 0.15) is 24.0 Å². The summed E-state index contributed by atoms with van der Waals surface area (Å²) in [6.07, 6.45) is 2.14. The summed E-state index contributed by atoms with van der Waals surface area (Å²) in [5.74, 6) is 1.54. The van der Waals surface area contributed by atoms with Gasteiger partial charge in [-0.05, 0) is 50.7 Å². The van der Waals surface area contributed by atoms with Crippen molar-refractivity contribution in [2.75, 3.05) is 32.9 Å². The van der Waals surface area contributed by atoms with E-state index in [0.717, 1.165) is 37.2 Å². The molecule has 0 spiro atoms. The highest BCUT2D eigenvalue weighted by atomic mass is 32.2. The minimum absolute atomic E-state index is 0.216. The lowest BCUT2D eigenvalue weighted by atomic mass is 10.0. The van der Waals surface area contributed by atoms with Crippen LogP contribution in [0.5, 0.6) is 0 Å². The van der Waals surface area contributed by atoms with E-state index in [1.807, 2.05) is 36.2 Å². The van der Waals surface area contributed by atoms with Crippen molar-refractivity contribution in [3.63, 3.8) is 0 Å². The minimum Gasteiger partial charge on any atom is -0.342 e. The maximum absolute atomic E-state index is 12.3. The van der Waals surface area contributed by atoms with Gasteiger partial charge < -0.3 is 9.80 Å². The highest BCUT2D eigenvalue weighted by molar-refractivity contribution is 7.99. The fraction of sp³-hybridized carbons (Fsp3) is 0.529. The number of nitriles is 1. The third-order valence-corrected chi connectivity index (χ3v) is 5.20. The van der Waals surface area contributed by atoms with E-state index in [2.05, 4.69) is 18.0 Å². The molecule has 1 aliphatic heterocycles. The molecule has 118 valence electrons. The molecular formula is C17H23N3OS. The van der Waals surface area contributed by atoms with Gasteiger partial charge in [0, 0.05) is 18.8 Å². The predicted molar refractivity (Wildman–Crippen MR) is 90.6 cm³/mol. The summed E-state index contributed by atoms with van der Waals surface area (Å²) >= 11 is 1.64. The third kappa shape index (κ3) is 4.75. The maximum atomic E-state index is 12.3. The molecule has 0 bridgehead atoms. The van der Waals surface area contributed by atoms with Crippen LogP contribution in [0.3, 0.4) is 0 Å². The summed E-state index contributed by atoms with van der Waals surface area (Å²) in [6, 6.07) is 10.1. The number of rotatable bonds is 5. The van der Waals surface area contributed by atoms with Crippen molar-refractivity contribution in [2.24, 2.45) is 0 Å². The first-order chi connectivity index (χ1) is 10.6. The first-order valence-corrected chi connectivity index (χ1v) is 8.76. The van der Waals surface area contributed by atoms with Crippen LogP contribution in [0.15, 0.2) is 24.3 Å². The molecule has 0 atom stereocenters. The summed E-state index contributed by atoms with van der Waals surface area (Å²) in [5.41, 5.74) is 1.82. The zero-order valence-electron chi connectivity index (χ0n) is 13.3. The molecule has 2 rings (SSSR count). The first kappa shape index (κ1) is 16.9. The quantitative estimate of drug-likeness (QED) is 0.836. The van der Waals surface area contributed by atoms with Gasteiger partial charge in [0.1, 0.15) is 0 Å². The second-order valence-corrected chi connectivity index (χ2v) is 6.83. The van der Waals surface area contributed by atoms with Crippen LogP contribution in [0.25, 0.3) is 0 Å².